The van der Waals surface area contributed by atoms with Crippen LogP contribution in [0.1, 0.15) is 25.3 Å². The lowest BCUT2D eigenvalue weighted by atomic mass is 10.0. The molecule has 1 heterocycles. The lowest BCUT2D eigenvalue weighted by molar-refractivity contribution is -0.116. The van der Waals surface area contributed by atoms with Gasteiger partial charge < -0.3 is 14.5 Å². The van der Waals surface area contributed by atoms with Crippen molar-refractivity contribution >= 4 is 18.6 Å². The zero-order valence-corrected chi connectivity index (χ0v) is 14.1. The van der Waals surface area contributed by atoms with Crippen molar-refractivity contribution in [3.8, 4) is 0 Å². The number of hydrogen-bond donors (Lipinski definition) is 1. The molecule has 1 amide bonds. The van der Waals surface area contributed by atoms with Gasteiger partial charge in [-0.3, -0.25) is 4.79 Å². The molecule has 0 spiro atoms. The van der Waals surface area contributed by atoms with Gasteiger partial charge in [-0.2, -0.15) is 0 Å². The Balaban J connectivity index is 2.33. The molecule has 1 aliphatic carbocycles. The Labute approximate surface area is 140 Å². The fourth-order valence-corrected chi connectivity index (χ4v) is 2.36. The van der Waals surface area contributed by atoms with Crippen LogP contribution in [-0.4, -0.2) is 13.0 Å². The average Bonchev–Trinajstić information content (AvgIpc) is 2.58. The van der Waals surface area contributed by atoms with E-state index in [-0.39, 0.29) is 11.3 Å². The summed E-state index contributed by atoms with van der Waals surface area (Å²) in [5.74, 6) is 0.428. The molecule has 1 N–H and O–H groups in total. The van der Waals surface area contributed by atoms with Gasteiger partial charge in [0.25, 0.3) is 5.91 Å². The van der Waals surface area contributed by atoms with E-state index in [1.165, 1.54) is 0 Å². The van der Waals surface area contributed by atoms with E-state index in [1.807, 2.05) is 13.0 Å². The summed E-state index contributed by atoms with van der Waals surface area (Å²) in [4.78, 5) is 24.0. The second kappa shape index (κ2) is 7.64. The predicted molar refractivity (Wildman–Crippen MR) is 93.3 cm³/mol. The second-order valence-electron chi connectivity index (χ2n) is 5.42. The van der Waals surface area contributed by atoms with Crippen LogP contribution >= 0.6 is 0 Å². The molecule has 0 aliphatic heterocycles. The molecule has 1 aliphatic rings. The Morgan fingerprint density at radius 3 is 2.88 bits per heavy atom. The molecule has 0 saturated heterocycles. The monoisotopic (exact) mass is 327 g/mol. The summed E-state index contributed by atoms with van der Waals surface area (Å²) in [6.07, 6.45) is 8.75. The zero-order chi connectivity index (χ0) is 17.7. The van der Waals surface area contributed by atoms with Gasteiger partial charge in [-0.15, -0.1) is 0 Å². The summed E-state index contributed by atoms with van der Waals surface area (Å²) < 4.78 is 10.3. The SMILES string of the molecule is C=c1oc(=O)c(C)c/c1=C/C(=CC)NC(=O)C1=C(OC)CCC=C1. The van der Waals surface area contributed by atoms with Crippen LogP contribution in [0, 0.1) is 6.92 Å². The van der Waals surface area contributed by atoms with Crippen molar-refractivity contribution in [2.24, 2.45) is 0 Å². The summed E-state index contributed by atoms with van der Waals surface area (Å²) in [5, 5.41) is 3.48. The molecule has 0 aromatic carbocycles. The highest BCUT2D eigenvalue weighted by molar-refractivity contribution is 5.98. The molecule has 0 bridgehead atoms. The number of aryl methyl sites for hydroxylation is 1. The Morgan fingerprint density at radius 1 is 1.46 bits per heavy atom. The van der Waals surface area contributed by atoms with E-state index in [0.29, 0.717) is 34.2 Å². The van der Waals surface area contributed by atoms with Crippen molar-refractivity contribution in [1.29, 1.82) is 0 Å². The molecule has 0 unspecified atom stereocenters. The Kier molecular flexibility index (Phi) is 5.58. The Hall–Kier alpha value is -2.82. The van der Waals surface area contributed by atoms with Crippen molar-refractivity contribution < 1.29 is 13.9 Å². The molecule has 2 rings (SSSR count). The normalized spacial score (nSPS) is 15.6. The topological polar surface area (TPSA) is 68.5 Å². The lowest BCUT2D eigenvalue weighted by Gasteiger charge is -2.14. The smallest absolute Gasteiger partial charge is 0.339 e. The number of methoxy groups -OCH3 is 1. The van der Waals surface area contributed by atoms with Crippen LogP contribution in [0.25, 0.3) is 12.7 Å². The van der Waals surface area contributed by atoms with Crippen LogP contribution in [0.4, 0.5) is 0 Å². The maximum Gasteiger partial charge on any atom is 0.339 e. The largest absolute Gasteiger partial charge is 0.500 e. The van der Waals surface area contributed by atoms with E-state index in [0.717, 1.165) is 6.42 Å². The third kappa shape index (κ3) is 3.93. The van der Waals surface area contributed by atoms with Crippen LogP contribution in [0.5, 0.6) is 0 Å². The van der Waals surface area contributed by atoms with Gasteiger partial charge in [0.05, 0.1) is 12.7 Å². The highest BCUT2D eigenvalue weighted by atomic mass is 16.5. The molecule has 5 nitrogen and oxygen atoms in total. The molecule has 0 fully saturated rings. The second-order valence-corrected chi connectivity index (χ2v) is 5.42. The van der Waals surface area contributed by atoms with Crippen LogP contribution in [0.2, 0.25) is 0 Å². The summed E-state index contributed by atoms with van der Waals surface area (Å²) in [5.41, 5.74) is 1.43. The maximum absolute atomic E-state index is 12.5. The standard InChI is InChI=1S/C19H21NO4/c1-5-15(11-14-10-12(2)19(22)24-13(14)3)20-18(21)16-8-6-7-9-17(16)23-4/h5-6,8,10-11H,3,7,9H2,1-2,4H3,(H,20,21)/b14-11-,15-5?. The van der Waals surface area contributed by atoms with Gasteiger partial charge in [-0.05, 0) is 32.4 Å². The number of nitrogens with one attached hydrogen (secondary N) is 1. The van der Waals surface area contributed by atoms with Gasteiger partial charge in [-0.1, -0.05) is 24.8 Å². The molecular formula is C19H21NO4. The minimum absolute atomic E-state index is 0.244. The number of carbonyl (C=O) groups is 1. The van der Waals surface area contributed by atoms with Gasteiger partial charge in [-0.25, -0.2) is 4.79 Å². The van der Waals surface area contributed by atoms with Gasteiger partial charge in [0.2, 0.25) is 0 Å². The molecule has 126 valence electrons. The van der Waals surface area contributed by atoms with Gasteiger partial charge in [0, 0.05) is 22.9 Å². The summed E-state index contributed by atoms with van der Waals surface area (Å²) in [7, 11) is 1.56. The number of carbonyl (C=O) groups excluding carboxylic acids is 1. The molecule has 24 heavy (non-hydrogen) atoms. The lowest BCUT2D eigenvalue weighted by Crippen LogP contribution is -2.31. The number of ether oxygens (including phenoxy) is 1. The van der Waals surface area contributed by atoms with Crippen molar-refractivity contribution in [2.75, 3.05) is 7.11 Å². The average molecular weight is 327 g/mol. The van der Waals surface area contributed by atoms with E-state index >= 15 is 0 Å². The highest BCUT2D eigenvalue weighted by Crippen LogP contribution is 2.19. The first-order valence-corrected chi connectivity index (χ1v) is 7.69. The van der Waals surface area contributed by atoms with E-state index in [9.17, 15) is 9.59 Å². The van der Waals surface area contributed by atoms with Crippen LogP contribution in [0.3, 0.4) is 0 Å². The number of rotatable bonds is 4. The summed E-state index contributed by atoms with van der Waals surface area (Å²) in [6.45, 7) is 7.20. The third-order valence-corrected chi connectivity index (χ3v) is 3.73. The van der Waals surface area contributed by atoms with E-state index in [4.69, 9.17) is 9.15 Å². The summed E-state index contributed by atoms with van der Waals surface area (Å²) in [6, 6.07) is 1.68. The first kappa shape index (κ1) is 17.5. The van der Waals surface area contributed by atoms with Crippen molar-refractivity contribution in [1.82, 2.24) is 5.32 Å². The predicted octanol–water partition coefficient (Wildman–Crippen LogP) is 1.41. The van der Waals surface area contributed by atoms with Crippen LogP contribution < -0.4 is 21.6 Å². The number of hydrogen-bond acceptors (Lipinski definition) is 4. The maximum atomic E-state index is 12.5. The minimum Gasteiger partial charge on any atom is -0.500 e. The highest BCUT2D eigenvalue weighted by Gasteiger charge is 2.16. The van der Waals surface area contributed by atoms with Gasteiger partial charge in [0.1, 0.15) is 11.2 Å². The van der Waals surface area contributed by atoms with Crippen LogP contribution in [0.15, 0.2) is 50.5 Å². The quantitative estimate of drug-likeness (QED) is 0.908. The Bertz CT molecular complexity index is 900. The van der Waals surface area contributed by atoms with E-state index in [2.05, 4.69) is 11.9 Å². The molecule has 1 aromatic rings. The van der Waals surface area contributed by atoms with E-state index in [1.54, 1.807) is 38.3 Å². The molecule has 0 atom stereocenters. The summed E-state index contributed by atoms with van der Waals surface area (Å²) >= 11 is 0. The van der Waals surface area contributed by atoms with Crippen molar-refractivity contribution in [3.05, 3.63) is 67.9 Å². The zero-order valence-electron chi connectivity index (χ0n) is 14.1. The van der Waals surface area contributed by atoms with E-state index < -0.39 is 5.63 Å². The van der Waals surface area contributed by atoms with Gasteiger partial charge in [0.15, 0.2) is 0 Å². The number of allylic oxidation sites excluding steroid dienone is 4. The van der Waals surface area contributed by atoms with Gasteiger partial charge >= 0.3 is 5.63 Å². The Morgan fingerprint density at radius 2 is 2.21 bits per heavy atom. The van der Waals surface area contributed by atoms with Crippen molar-refractivity contribution in [3.63, 3.8) is 0 Å². The minimum atomic E-state index is -0.412. The molecular weight excluding hydrogens is 306 g/mol. The fraction of sp³-hybridized carbons (Fsp3) is 0.263. The number of amides is 1. The molecule has 5 heteroatoms. The first-order chi connectivity index (χ1) is 11.5. The first-order valence-electron chi connectivity index (χ1n) is 7.69. The molecule has 1 aromatic heterocycles. The molecule has 0 saturated carbocycles. The van der Waals surface area contributed by atoms with Crippen LogP contribution in [-0.2, 0) is 9.53 Å². The third-order valence-electron chi connectivity index (χ3n) is 3.73. The van der Waals surface area contributed by atoms with Crippen molar-refractivity contribution in [2.45, 2.75) is 26.7 Å². The fourth-order valence-electron chi connectivity index (χ4n) is 2.36. The molecule has 0 radical (unpaired) electrons.